The molecule has 0 aromatic rings. The zero-order chi connectivity index (χ0) is 36.5. The first-order valence-electron chi connectivity index (χ1n) is 20.0. The van der Waals surface area contributed by atoms with E-state index in [1.54, 1.807) is 0 Å². The van der Waals surface area contributed by atoms with Crippen molar-refractivity contribution in [2.45, 2.75) is 182 Å². The van der Waals surface area contributed by atoms with Gasteiger partial charge in [0, 0.05) is 19.3 Å². The lowest BCUT2D eigenvalue weighted by Gasteiger charge is -2.18. The van der Waals surface area contributed by atoms with Crippen molar-refractivity contribution in [1.29, 1.82) is 0 Å². The predicted octanol–water partition coefficient (Wildman–Crippen LogP) is 10.8. The Kier molecular flexibility index (Phi) is 31.6. The minimum Gasteiger partial charge on any atom is -0.466 e. The average Bonchev–Trinajstić information content (AvgIpc) is 3.03. The van der Waals surface area contributed by atoms with Crippen LogP contribution in [-0.4, -0.2) is 50.8 Å². The summed E-state index contributed by atoms with van der Waals surface area (Å²) in [7, 11) is 1.89. The molecular formula is C42H77NO6. The van der Waals surface area contributed by atoms with Gasteiger partial charge in [-0.1, -0.05) is 110 Å². The molecule has 0 aliphatic rings. The summed E-state index contributed by atoms with van der Waals surface area (Å²) in [5.41, 5.74) is 1.15. The zero-order valence-corrected chi connectivity index (χ0v) is 32.8. The van der Waals surface area contributed by atoms with Crippen LogP contribution in [-0.2, 0) is 28.6 Å². The number of rotatable bonds is 34. The number of unbranched alkanes of at least 4 members (excludes halogenated alkanes) is 8. The zero-order valence-electron chi connectivity index (χ0n) is 32.8. The molecule has 0 saturated heterocycles. The number of hydrogen-bond donors (Lipinski definition) is 1. The molecule has 0 amide bonds. The van der Waals surface area contributed by atoms with Crippen molar-refractivity contribution >= 4 is 17.9 Å². The van der Waals surface area contributed by atoms with Crippen molar-refractivity contribution in [3.8, 4) is 0 Å². The lowest BCUT2D eigenvalue weighted by atomic mass is 9.98. The van der Waals surface area contributed by atoms with Crippen molar-refractivity contribution in [2.75, 3.05) is 26.8 Å². The largest absolute Gasteiger partial charge is 0.466 e. The lowest BCUT2D eigenvalue weighted by molar-refractivity contribution is -0.150. The minimum absolute atomic E-state index is 0.0298. The van der Waals surface area contributed by atoms with Crippen LogP contribution in [0.15, 0.2) is 24.3 Å². The van der Waals surface area contributed by atoms with E-state index in [1.165, 1.54) is 19.3 Å². The maximum Gasteiger partial charge on any atom is 0.306 e. The molecule has 0 aromatic heterocycles. The van der Waals surface area contributed by atoms with Gasteiger partial charge in [-0.3, -0.25) is 14.4 Å². The van der Waals surface area contributed by atoms with Crippen molar-refractivity contribution in [3.05, 3.63) is 24.3 Å². The molecule has 0 saturated carbocycles. The van der Waals surface area contributed by atoms with Crippen LogP contribution in [0.2, 0.25) is 0 Å². The van der Waals surface area contributed by atoms with Crippen molar-refractivity contribution in [1.82, 2.24) is 5.32 Å². The third kappa shape index (κ3) is 34.1. The molecule has 0 bridgehead atoms. The lowest BCUT2D eigenvalue weighted by Crippen LogP contribution is -2.19. The highest BCUT2D eigenvalue weighted by Crippen LogP contribution is 2.19. The van der Waals surface area contributed by atoms with Gasteiger partial charge >= 0.3 is 17.9 Å². The Bertz CT molecular complexity index is 869. The maximum atomic E-state index is 12.4. The van der Waals surface area contributed by atoms with Crippen LogP contribution in [0.3, 0.4) is 0 Å². The van der Waals surface area contributed by atoms with Crippen LogP contribution in [0.25, 0.3) is 0 Å². The summed E-state index contributed by atoms with van der Waals surface area (Å²) in [6.07, 6.45) is 24.8. The Hall–Kier alpha value is -2.15. The molecule has 7 nitrogen and oxygen atoms in total. The van der Waals surface area contributed by atoms with E-state index in [4.69, 9.17) is 14.2 Å². The quantitative estimate of drug-likeness (QED) is 0.0311. The monoisotopic (exact) mass is 692 g/mol. The Morgan fingerprint density at radius 3 is 1.71 bits per heavy atom. The van der Waals surface area contributed by atoms with Crippen LogP contribution >= 0.6 is 0 Å². The van der Waals surface area contributed by atoms with E-state index in [2.05, 4.69) is 51.7 Å². The summed E-state index contributed by atoms with van der Waals surface area (Å²) in [6.45, 7) is 16.7. The number of carbonyl (C=O) groups excluding carboxylic acids is 3. The SMILES string of the molecule is C=C(C)C/C=C/C(C)CCOC(=O)CCCCCCCC(CCCCCCCC(=O)OCCC(C)CCCC(C)C)OC(=O)CCCNC. The minimum atomic E-state index is -0.101. The molecule has 0 aromatic carbocycles. The molecule has 286 valence electrons. The van der Waals surface area contributed by atoms with E-state index in [-0.39, 0.29) is 24.0 Å². The normalized spacial score (nSPS) is 13.4. The molecule has 0 spiro atoms. The van der Waals surface area contributed by atoms with Gasteiger partial charge in [0.25, 0.3) is 0 Å². The summed E-state index contributed by atoms with van der Waals surface area (Å²) >= 11 is 0. The standard InChI is InChI=1S/C42H77NO6/c1-35(2)21-18-23-37(5)30-33-47-40(44)27-16-12-8-10-14-25-39(49-42(46)29-20-32-43-7)26-15-11-9-13-17-28-41(45)48-34-31-38(6)24-19-22-36(3)4/h18,23,36-39,43H,1,8-17,19-22,24-34H2,2-7H3/b23-18+. The van der Waals surface area contributed by atoms with Crippen molar-refractivity contribution in [3.63, 3.8) is 0 Å². The van der Waals surface area contributed by atoms with Gasteiger partial charge in [0.1, 0.15) is 6.10 Å². The third-order valence-corrected chi connectivity index (χ3v) is 9.04. The smallest absolute Gasteiger partial charge is 0.306 e. The van der Waals surface area contributed by atoms with Crippen LogP contribution in [0.5, 0.6) is 0 Å². The predicted molar refractivity (Wildman–Crippen MR) is 204 cm³/mol. The van der Waals surface area contributed by atoms with E-state index >= 15 is 0 Å². The summed E-state index contributed by atoms with van der Waals surface area (Å²) in [6, 6.07) is 0. The Morgan fingerprint density at radius 2 is 1.16 bits per heavy atom. The second-order valence-corrected chi connectivity index (χ2v) is 14.9. The molecule has 0 rings (SSSR count). The molecule has 0 aliphatic carbocycles. The molecule has 7 heteroatoms. The van der Waals surface area contributed by atoms with Crippen LogP contribution < -0.4 is 5.32 Å². The molecular weight excluding hydrogens is 614 g/mol. The summed E-state index contributed by atoms with van der Waals surface area (Å²) in [5.74, 6) is 1.48. The number of nitrogens with one attached hydrogen (secondary N) is 1. The first kappa shape index (κ1) is 46.9. The Balaban J connectivity index is 4.12. The van der Waals surface area contributed by atoms with Gasteiger partial charge < -0.3 is 19.5 Å². The fourth-order valence-corrected chi connectivity index (χ4v) is 5.75. The van der Waals surface area contributed by atoms with E-state index in [1.807, 2.05) is 14.0 Å². The Labute approximate surface area is 302 Å². The Morgan fingerprint density at radius 1 is 0.633 bits per heavy atom. The van der Waals surface area contributed by atoms with Crippen molar-refractivity contribution in [2.24, 2.45) is 17.8 Å². The molecule has 0 fully saturated rings. The molecule has 49 heavy (non-hydrogen) atoms. The van der Waals surface area contributed by atoms with Crippen LogP contribution in [0.4, 0.5) is 0 Å². The van der Waals surface area contributed by atoms with Gasteiger partial charge in [-0.25, -0.2) is 0 Å². The molecule has 0 aliphatic heterocycles. The van der Waals surface area contributed by atoms with Crippen LogP contribution in [0, 0.1) is 17.8 Å². The summed E-state index contributed by atoms with van der Waals surface area (Å²) in [5, 5.41) is 3.08. The van der Waals surface area contributed by atoms with Gasteiger partial charge in [0.2, 0.25) is 0 Å². The van der Waals surface area contributed by atoms with Crippen molar-refractivity contribution < 1.29 is 28.6 Å². The number of hydrogen-bond acceptors (Lipinski definition) is 7. The number of ether oxygens (including phenoxy) is 3. The first-order valence-corrected chi connectivity index (χ1v) is 20.0. The average molecular weight is 692 g/mol. The molecule has 3 unspecified atom stereocenters. The van der Waals surface area contributed by atoms with E-state index in [9.17, 15) is 14.4 Å². The fraction of sp³-hybridized carbons (Fsp3) is 0.833. The van der Waals surface area contributed by atoms with E-state index in [0.717, 1.165) is 121 Å². The van der Waals surface area contributed by atoms with E-state index in [0.29, 0.717) is 44.3 Å². The molecule has 1 N–H and O–H groups in total. The maximum absolute atomic E-state index is 12.4. The second kappa shape index (κ2) is 33.0. The summed E-state index contributed by atoms with van der Waals surface area (Å²) < 4.78 is 16.8. The highest BCUT2D eigenvalue weighted by molar-refractivity contribution is 5.70. The second-order valence-electron chi connectivity index (χ2n) is 14.9. The topological polar surface area (TPSA) is 90.9 Å². The molecule has 0 heterocycles. The first-order chi connectivity index (χ1) is 23.5. The van der Waals surface area contributed by atoms with Gasteiger partial charge in [-0.05, 0) is 102 Å². The van der Waals surface area contributed by atoms with Crippen LogP contribution in [0.1, 0.15) is 176 Å². The van der Waals surface area contributed by atoms with Gasteiger partial charge in [-0.15, -0.1) is 0 Å². The number of allylic oxidation sites excluding steroid dienone is 3. The molecule has 0 radical (unpaired) electrons. The third-order valence-electron chi connectivity index (χ3n) is 9.04. The number of carbonyl (C=O) groups is 3. The fourth-order valence-electron chi connectivity index (χ4n) is 5.75. The summed E-state index contributed by atoms with van der Waals surface area (Å²) in [4.78, 5) is 36.6. The van der Waals surface area contributed by atoms with Gasteiger partial charge in [0.05, 0.1) is 13.2 Å². The van der Waals surface area contributed by atoms with Gasteiger partial charge in [-0.2, -0.15) is 0 Å². The molecule has 3 atom stereocenters. The van der Waals surface area contributed by atoms with E-state index < -0.39 is 0 Å². The highest BCUT2D eigenvalue weighted by Gasteiger charge is 2.14. The number of esters is 3. The van der Waals surface area contributed by atoms with Gasteiger partial charge in [0.15, 0.2) is 0 Å². The highest BCUT2D eigenvalue weighted by atomic mass is 16.5.